The normalized spacial score (nSPS) is 15.9. The van der Waals surface area contributed by atoms with Crippen molar-refractivity contribution in [3.8, 4) is 16.9 Å². The highest BCUT2D eigenvalue weighted by Gasteiger charge is 2.20. The molecule has 1 atom stereocenters. The van der Waals surface area contributed by atoms with E-state index in [9.17, 15) is 0 Å². The Hall–Kier alpha value is -6.32. The molecule has 1 unspecified atom stereocenters. The summed E-state index contributed by atoms with van der Waals surface area (Å²) in [6, 6.07) is 48.3. The molecule has 6 aromatic carbocycles. The quantitative estimate of drug-likeness (QED) is 0.185. The lowest BCUT2D eigenvalue weighted by atomic mass is 9.90. The number of hydrogen-bond acceptors (Lipinski definition) is 2. The van der Waals surface area contributed by atoms with Gasteiger partial charge in [-0.1, -0.05) is 140 Å². The number of allylic oxidation sites excluding steroid dienone is 8. The predicted octanol–water partition coefficient (Wildman–Crippen LogP) is 12.4. The van der Waals surface area contributed by atoms with Crippen molar-refractivity contribution in [2.24, 2.45) is 0 Å². The molecule has 2 aliphatic rings. The molecular weight excluding hydrogens is 619 g/mol. The lowest BCUT2D eigenvalue weighted by Crippen LogP contribution is -2.06. The van der Waals surface area contributed by atoms with Gasteiger partial charge in [0, 0.05) is 33.5 Å². The van der Waals surface area contributed by atoms with Crippen molar-refractivity contribution >= 4 is 54.5 Å². The molecule has 3 heteroatoms. The van der Waals surface area contributed by atoms with Gasteiger partial charge >= 0.3 is 0 Å². The van der Waals surface area contributed by atoms with Crippen molar-refractivity contribution in [1.82, 2.24) is 14.5 Å². The smallest absolute Gasteiger partial charge is 0.159 e. The zero-order valence-electron chi connectivity index (χ0n) is 28.2. The molecule has 0 saturated heterocycles. The molecule has 3 nitrogen and oxygen atoms in total. The average molecular weight is 654 g/mol. The molecule has 242 valence electrons. The molecule has 2 heterocycles. The highest BCUT2D eigenvalue weighted by atomic mass is 15.0. The first-order valence-electron chi connectivity index (χ1n) is 17.9. The maximum Gasteiger partial charge on any atom is 0.159 e. The molecule has 10 rings (SSSR count). The molecule has 8 aromatic rings. The Balaban J connectivity index is 1.05. The van der Waals surface area contributed by atoms with Crippen LogP contribution in [0.1, 0.15) is 42.3 Å². The second kappa shape index (κ2) is 12.2. The lowest BCUT2D eigenvalue weighted by Gasteiger charge is -2.19. The minimum absolute atomic E-state index is 0.174. The maximum absolute atomic E-state index is 5.14. The average Bonchev–Trinajstić information content (AvgIpc) is 3.57. The van der Waals surface area contributed by atoms with Crippen LogP contribution in [0.4, 0.5) is 0 Å². The number of aromatic nitrogens is 3. The van der Waals surface area contributed by atoms with Gasteiger partial charge in [0.05, 0.1) is 22.4 Å². The molecular formula is C48H35N3. The fourth-order valence-electron chi connectivity index (χ4n) is 8.03. The minimum Gasteiger partial charge on any atom is -0.309 e. The number of hydrogen-bond donors (Lipinski definition) is 0. The fourth-order valence-corrected chi connectivity index (χ4v) is 8.03. The third-order valence-corrected chi connectivity index (χ3v) is 10.5. The second-order valence-corrected chi connectivity index (χ2v) is 13.6. The lowest BCUT2D eigenvalue weighted by molar-refractivity contribution is 0.807. The Morgan fingerprint density at radius 2 is 1.25 bits per heavy atom. The van der Waals surface area contributed by atoms with Crippen molar-refractivity contribution in [2.75, 3.05) is 0 Å². The van der Waals surface area contributed by atoms with Crippen molar-refractivity contribution in [1.29, 1.82) is 0 Å². The molecule has 0 fully saturated rings. The van der Waals surface area contributed by atoms with Crippen molar-refractivity contribution < 1.29 is 0 Å². The van der Waals surface area contributed by atoms with E-state index >= 15 is 0 Å². The van der Waals surface area contributed by atoms with Crippen LogP contribution < -0.4 is 0 Å². The van der Waals surface area contributed by atoms with Gasteiger partial charge in [0.1, 0.15) is 0 Å². The van der Waals surface area contributed by atoms with Gasteiger partial charge in [-0.05, 0) is 82.3 Å². The summed E-state index contributed by atoms with van der Waals surface area (Å²) in [7, 11) is 0. The van der Waals surface area contributed by atoms with Gasteiger partial charge in [-0.25, -0.2) is 9.97 Å². The highest BCUT2D eigenvalue weighted by molar-refractivity contribution is 6.28. The third kappa shape index (κ3) is 5.13. The highest BCUT2D eigenvalue weighted by Crippen LogP contribution is 2.41. The molecule has 0 amide bonds. The second-order valence-electron chi connectivity index (χ2n) is 13.6. The van der Waals surface area contributed by atoms with E-state index in [-0.39, 0.29) is 5.92 Å². The molecule has 0 saturated carbocycles. The molecule has 2 aromatic heterocycles. The van der Waals surface area contributed by atoms with E-state index < -0.39 is 0 Å². The Morgan fingerprint density at radius 3 is 1.94 bits per heavy atom. The van der Waals surface area contributed by atoms with Crippen LogP contribution in [0.25, 0.3) is 71.4 Å². The molecule has 0 radical (unpaired) electrons. The Labute approximate surface area is 297 Å². The van der Waals surface area contributed by atoms with Gasteiger partial charge in [-0.2, -0.15) is 0 Å². The number of rotatable bonds is 5. The van der Waals surface area contributed by atoms with E-state index in [0.717, 1.165) is 53.3 Å². The number of fused-ring (bicyclic) bond motifs is 7. The van der Waals surface area contributed by atoms with Crippen LogP contribution in [0, 0.1) is 0 Å². The Kier molecular flexibility index (Phi) is 7.09. The standard InChI is InChI=1S/C48H35N3/c1-3-14-35(15-4-1)42-31-43(50-48(49-42)37-16-5-2-6-17-37)36-24-22-32(23-25-36)38-18-11-19-39(30-38)51-44-28-26-33-12-7-9-20-40(33)46(44)47-41-21-10-8-13-34(41)27-29-45(47)51/h1,3-5,7-24,26-31,36H,2,6,25H2. The van der Waals surface area contributed by atoms with Crippen LogP contribution in [-0.2, 0) is 0 Å². The van der Waals surface area contributed by atoms with Crippen LogP contribution in [0.5, 0.6) is 0 Å². The zero-order chi connectivity index (χ0) is 33.7. The van der Waals surface area contributed by atoms with Gasteiger partial charge in [0.25, 0.3) is 0 Å². The Morgan fingerprint density at radius 1 is 0.549 bits per heavy atom. The third-order valence-electron chi connectivity index (χ3n) is 10.5. The van der Waals surface area contributed by atoms with Gasteiger partial charge < -0.3 is 4.57 Å². The minimum atomic E-state index is 0.174. The molecule has 0 spiro atoms. The number of benzene rings is 6. The fraction of sp³-hybridized carbons (Fsp3) is 0.0833. The summed E-state index contributed by atoms with van der Waals surface area (Å²) < 4.78 is 2.45. The summed E-state index contributed by atoms with van der Waals surface area (Å²) >= 11 is 0. The van der Waals surface area contributed by atoms with E-state index in [0.29, 0.717) is 0 Å². The van der Waals surface area contributed by atoms with Crippen LogP contribution in [0.2, 0.25) is 0 Å². The molecule has 51 heavy (non-hydrogen) atoms. The summed E-state index contributed by atoms with van der Waals surface area (Å²) in [4.78, 5) is 10.2. The maximum atomic E-state index is 5.14. The van der Waals surface area contributed by atoms with Gasteiger partial charge in [0.2, 0.25) is 0 Å². The van der Waals surface area contributed by atoms with Crippen LogP contribution in [-0.4, -0.2) is 14.5 Å². The van der Waals surface area contributed by atoms with Gasteiger partial charge in [-0.3, -0.25) is 0 Å². The van der Waals surface area contributed by atoms with Crippen LogP contribution in [0.3, 0.4) is 0 Å². The summed E-state index contributed by atoms with van der Waals surface area (Å²) in [5.41, 5.74) is 10.3. The zero-order valence-corrected chi connectivity index (χ0v) is 28.2. The SMILES string of the molecule is C1=CC(c2nc(-c3ccccc3)cc(C3C=CC(c4cccc(-n5c6ccc7ccccc7c6c6c7ccccc7ccc65)c4)=CC3)n2)=CCC1. The summed E-state index contributed by atoms with van der Waals surface area (Å²) in [6.07, 6.45) is 16.6. The topological polar surface area (TPSA) is 30.7 Å². The van der Waals surface area contributed by atoms with E-state index in [4.69, 9.17) is 9.97 Å². The summed E-state index contributed by atoms with van der Waals surface area (Å²) in [5, 5.41) is 7.71. The molecule has 2 aliphatic carbocycles. The molecule has 0 bridgehead atoms. The first-order valence-corrected chi connectivity index (χ1v) is 17.9. The van der Waals surface area contributed by atoms with Gasteiger partial charge in [-0.15, -0.1) is 0 Å². The predicted molar refractivity (Wildman–Crippen MR) is 214 cm³/mol. The number of nitrogens with zero attached hydrogens (tertiary/aromatic N) is 3. The van der Waals surface area contributed by atoms with Crippen LogP contribution >= 0.6 is 0 Å². The first kappa shape index (κ1) is 29.6. The summed E-state index contributed by atoms with van der Waals surface area (Å²) in [5.74, 6) is 0.984. The van der Waals surface area contributed by atoms with Crippen molar-refractivity contribution in [2.45, 2.75) is 25.2 Å². The van der Waals surface area contributed by atoms with Crippen molar-refractivity contribution in [3.05, 3.63) is 187 Å². The van der Waals surface area contributed by atoms with E-state index in [1.807, 2.05) is 0 Å². The van der Waals surface area contributed by atoms with E-state index in [1.165, 1.54) is 54.5 Å². The van der Waals surface area contributed by atoms with E-state index in [1.54, 1.807) is 0 Å². The Bertz CT molecular complexity index is 2680. The first-order chi connectivity index (χ1) is 25.3. The van der Waals surface area contributed by atoms with Crippen molar-refractivity contribution in [3.63, 3.8) is 0 Å². The van der Waals surface area contributed by atoms with E-state index in [2.05, 4.69) is 174 Å². The summed E-state index contributed by atoms with van der Waals surface area (Å²) in [6.45, 7) is 0. The van der Waals surface area contributed by atoms with Crippen LogP contribution in [0.15, 0.2) is 170 Å². The monoisotopic (exact) mass is 653 g/mol. The molecule has 0 aliphatic heterocycles. The van der Waals surface area contributed by atoms with Gasteiger partial charge in [0.15, 0.2) is 5.82 Å². The molecule has 0 N–H and O–H groups in total. The largest absolute Gasteiger partial charge is 0.309 e.